The summed E-state index contributed by atoms with van der Waals surface area (Å²) in [5, 5.41) is 5.62. The normalized spacial score (nSPS) is 18.3. The predicted molar refractivity (Wildman–Crippen MR) is 104 cm³/mol. The van der Waals surface area contributed by atoms with Crippen molar-refractivity contribution >= 4 is 39.2 Å². The number of benzene rings is 2. The molecule has 0 spiro atoms. The Morgan fingerprint density at radius 1 is 1.07 bits per heavy atom. The lowest BCUT2D eigenvalue weighted by molar-refractivity contribution is -0.117. The Kier molecular flexibility index (Phi) is 4.89. The maximum Gasteiger partial charge on any atom is 0.319 e. The molecule has 2 heterocycles. The van der Waals surface area contributed by atoms with Crippen molar-refractivity contribution in [2.75, 3.05) is 30.0 Å². The molecule has 2 aliphatic heterocycles. The van der Waals surface area contributed by atoms with Crippen LogP contribution in [0.4, 0.5) is 16.2 Å². The van der Waals surface area contributed by atoms with E-state index in [0.29, 0.717) is 36.9 Å². The van der Waals surface area contributed by atoms with E-state index in [-0.39, 0.29) is 24.4 Å². The zero-order valence-corrected chi connectivity index (χ0v) is 16.0. The van der Waals surface area contributed by atoms with Gasteiger partial charge in [0.15, 0.2) is 11.5 Å². The van der Waals surface area contributed by atoms with Gasteiger partial charge in [-0.2, -0.15) is 0 Å². The Morgan fingerprint density at radius 3 is 2.59 bits per heavy atom. The minimum atomic E-state index is -0.334. The molecule has 4 rings (SSSR count). The molecule has 140 valence electrons. The number of ether oxygens (including phenoxy) is 2. The van der Waals surface area contributed by atoms with Crippen LogP contribution in [-0.4, -0.2) is 37.7 Å². The van der Waals surface area contributed by atoms with Crippen molar-refractivity contribution in [3.8, 4) is 11.5 Å². The van der Waals surface area contributed by atoms with Crippen LogP contribution in [0.2, 0.25) is 0 Å². The fourth-order valence-electron chi connectivity index (χ4n) is 3.14. The van der Waals surface area contributed by atoms with Crippen LogP contribution in [-0.2, 0) is 4.79 Å². The van der Waals surface area contributed by atoms with E-state index in [1.165, 1.54) is 0 Å². The van der Waals surface area contributed by atoms with Gasteiger partial charge in [-0.25, -0.2) is 4.79 Å². The highest BCUT2D eigenvalue weighted by atomic mass is 79.9. The Hall–Kier alpha value is -2.74. The number of hydrogen-bond donors (Lipinski definition) is 2. The third-order valence-electron chi connectivity index (χ3n) is 4.40. The topological polar surface area (TPSA) is 79.9 Å². The molecule has 1 fully saturated rings. The highest BCUT2D eigenvalue weighted by Crippen LogP contribution is 2.35. The number of carbonyl (C=O) groups excluding carboxylic acids is 2. The van der Waals surface area contributed by atoms with E-state index in [1.54, 1.807) is 29.2 Å². The Labute approximate surface area is 164 Å². The van der Waals surface area contributed by atoms with Crippen LogP contribution in [0, 0.1) is 0 Å². The average molecular weight is 432 g/mol. The van der Waals surface area contributed by atoms with Gasteiger partial charge in [0.1, 0.15) is 13.2 Å². The summed E-state index contributed by atoms with van der Waals surface area (Å²) < 4.78 is 12.0. The molecule has 0 aliphatic carbocycles. The van der Waals surface area contributed by atoms with Crippen LogP contribution in [0.5, 0.6) is 11.5 Å². The monoisotopic (exact) mass is 431 g/mol. The number of halogens is 1. The Morgan fingerprint density at radius 2 is 1.81 bits per heavy atom. The quantitative estimate of drug-likeness (QED) is 0.781. The van der Waals surface area contributed by atoms with Crippen LogP contribution < -0.4 is 25.0 Å². The van der Waals surface area contributed by atoms with Crippen LogP contribution in [0.15, 0.2) is 46.9 Å². The van der Waals surface area contributed by atoms with Gasteiger partial charge in [-0.3, -0.25) is 4.79 Å². The maximum absolute atomic E-state index is 12.4. The van der Waals surface area contributed by atoms with Crippen LogP contribution in [0.3, 0.4) is 0 Å². The first-order valence-corrected chi connectivity index (χ1v) is 9.41. The van der Waals surface area contributed by atoms with Gasteiger partial charge in [0, 0.05) is 34.9 Å². The van der Waals surface area contributed by atoms with E-state index in [1.807, 2.05) is 18.2 Å². The van der Waals surface area contributed by atoms with Crippen molar-refractivity contribution in [3.63, 3.8) is 0 Å². The molecule has 1 atom stereocenters. The summed E-state index contributed by atoms with van der Waals surface area (Å²) in [7, 11) is 0. The molecule has 2 N–H and O–H groups in total. The van der Waals surface area contributed by atoms with Crippen LogP contribution >= 0.6 is 15.9 Å². The van der Waals surface area contributed by atoms with E-state index < -0.39 is 0 Å². The summed E-state index contributed by atoms with van der Waals surface area (Å²) in [6, 6.07) is 12.1. The van der Waals surface area contributed by atoms with Crippen molar-refractivity contribution in [1.82, 2.24) is 5.32 Å². The molecule has 2 aromatic rings. The third kappa shape index (κ3) is 4.00. The van der Waals surface area contributed by atoms with E-state index in [0.717, 1.165) is 10.2 Å². The molecule has 3 amide bonds. The number of amides is 3. The number of urea groups is 1. The van der Waals surface area contributed by atoms with Gasteiger partial charge in [-0.15, -0.1) is 0 Å². The summed E-state index contributed by atoms with van der Waals surface area (Å²) in [5.41, 5.74) is 1.42. The average Bonchev–Trinajstić information content (AvgIpc) is 3.03. The number of fused-ring (bicyclic) bond motifs is 1. The smallest absolute Gasteiger partial charge is 0.319 e. The fourth-order valence-corrected chi connectivity index (χ4v) is 3.40. The molecular formula is C19H18BrN3O4. The number of carbonyl (C=O) groups is 2. The number of nitrogens with one attached hydrogen (secondary N) is 2. The highest BCUT2D eigenvalue weighted by Gasteiger charge is 2.32. The lowest BCUT2D eigenvalue weighted by atomic mass is 10.2. The molecule has 2 aromatic carbocycles. The first kappa shape index (κ1) is 17.7. The van der Waals surface area contributed by atoms with Gasteiger partial charge < -0.3 is 25.0 Å². The lowest BCUT2D eigenvalue weighted by Gasteiger charge is -2.22. The van der Waals surface area contributed by atoms with Crippen molar-refractivity contribution in [2.24, 2.45) is 0 Å². The molecule has 2 aliphatic rings. The minimum Gasteiger partial charge on any atom is -0.486 e. The maximum atomic E-state index is 12.4. The predicted octanol–water partition coefficient (Wildman–Crippen LogP) is 3.15. The second kappa shape index (κ2) is 7.48. The van der Waals surface area contributed by atoms with Crippen molar-refractivity contribution in [2.45, 2.75) is 12.5 Å². The molecule has 27 heavy (non-hydrogen) atoms. The van der Waals surface area contributed by atoms with Crippen molar-refractivity contribution < 1.29 is 19.1 Å². The molecule has 0 aromatic heterocycles. The molecule has 8 heteroatoms. The highest BCUT2D eigenvalue weighted by molar-refractivity contribution is 9.10. The van der Waals surface area contributed by atoms with Crippen molar-refractivity contribution in [1.29, 1.82) is 0 Å². The van der Waals surface area contributed by atoms with Gasteiger partial charge in [-0.1, -0.05) is 15.9 Å². The van der Waals surface area contributed by atoms with Crippen LogP contribution in [0.25, 0.3) is 0 Å². The largest absolute Gasteiger partial charge is 0.486 e. The van der Waals surface area contributed by atoms with Crippen molar-refractivity contribution in [3.05, 3.63) is 46.9 Å². The molecule has 0 radical (unpaired) electrons. The summed E-state index contributed by atoms with van der Waals surface area (Å²) in [6.45, 7) is 1.42. The van der Waals surface area contributed by atoms with E-state index in [2.05, 4.69) is 26.6 Å². The third-order valence-corrected chi connectivity index (χ3v) is 4.93. The molecule has 0 unspecified atom stereocenters. The van der Waals surface area contributed by atoms with E-state index in [4.69, 9.17) is 9.47 Å². The van der Waals surface area contributed by atoms with E-state index >= 15 is 0 Å². The molecule has 1 saturated heterocycles. The first-order valence-electron chi connectivity index (χ1n) is 8.61. The standard InChI is InChI=1S/C19H18BrN3O4/c20-12-1-3-13(4-2-12)21-19(25)22-14-9-18(24)23(11-14)15-5-6-16-17(10-15)27-8-7-26-16/h1-6,10,14H,7-9,11H2,(H2,21,22,25)/t14-/m1/s1. The number of rotatable bonds is 3. The van der Waals surface area contributed by atoms with Gasteiger partial charge in [0.2, 0.25) is 5.91 Å². The molecular weight excluding hydrogens is 414 g/mol. The Balaban J connectivity index is 1.38. The number of anilines is 2. The Bertz CT molecular complexity index is 872. The van der Waals surface area contributed by atoms with Gasteiger partial charge in [0.25, 0.3) is 0 Å². The van der Waals surface area contributed by atoms with Gasteiger partial charge in [0.05, 0.1) is 6.04 Å². The SMILES string of the molecule is O=C(Nc1ccc(Br)cc1)N[C@@H]1CC(=O)N(c2ccc3c(c2)OCCO3)C1. The second-order valence-electron chi connectivity index (χ2n) is 6.34. The lowest BCUT2D eigenvalue weighted by Crippen LogP contribution is -2.39. The minimum absolute atomic E-state index is 0.0411. The zero-order chi connectivity index (χ0) is 18.8. The number of nitrogens with zero attached hydrogens (tertiary/aromatic N) is 1. The van der Waals surface area contributed by atoms with Gasteiger partial charge >= 0.3 is 6.03 Å². The summed E-state index contributed by atoms with van der Waals surface area (Å²) in [4.78, 5) is 26.3. The molecule has 0 bridgehead atoms. The second-order valence-corrected chi connectivity index (χ2v) is 7.25. The summed E-state index contributed by atoms with van der Waals surface area (Å²) in [6.07, 6.45) is 0.252. The fraction of sp³-hybridized carbons (Fsp3) is 0.263. The first-order chi connectivity index (χ1) is 13.1. The zero-order valence-electron chi connectivity index (χ0n) is 14.4. The summed E-state index contributed by atoms with van der Waals surface area (Å²) in [5.74, 6) is 1.27. The molecule has 0 saturated carbocycles. The van der Waals surface area contributed by atoms with Crippen LogP contribution in [0.1, 0.15) is 6.42 Å². The number of hydrogen-bond acceptors (Lipinski definition) is 4. The van der Waals surface area contributed by atoms with E-state index in [9.17, 15) is 9.59 Å². The molecule has 7 nitrogen and oxygen atoms in total. The van der Waals surface area contributed by atoms with Gasteiger partial charge in [-0.05, 0) is 36.4 Å². The summed E-state index contributed by atoms with van der Waals surface area (Å²) >= 11 is 3.35.